The summed E-state index contributed by atoms with van der Waals surface area (Å²) in [6.45, 7) is 4.03. The number of benzene rings is 2. The lowest BCUT2D eigenvalue weighted by Gasteiger charge is -2.07. The number of hydrogen-bond acceptors (Lipinski definition) is 2. The van der Waals surface area contributed by atoms with Crippen molar-refractivity contribution in [2.24, 2.45) is 0 Å². The molecule has 2 rings (SSSR count). The number of carbonyl (C=O) groups is 1. The second kappa shape index (κ2) is 4.94. The first-order valence-corrected chi connectivity index (χ1v) is 6.45. The number of ketones is 1. The number of anilines is 1. The molecule has 2 nitrogen and oxygen atoms in total. The van der Waals surface area contributed by atoms with Gasteiger partial charge in [0.25, 0.3) is 0 Å². The van der Waals surface area contributed by atoms with Crippen LogP contribution in [0.15, 0.2) is 40.9 Å². The highest BCUT2D eigenvalue weighted by atomic mass is 79.9. The first kappa shape index (κ1) is 12.8. The molecule has 2 aromatic rings. The Morgan fingerprint density at radius 3 is 2.44 bits per heavy atom. The Balaban J connectivity index is 2.47. The first-order chi connectivity index (χ1) is 8.49. The molecule has 2 aromatic carbocycles. The van der Waals surface area contributed by atoms with Crippen LogP contribution in [0.3, 0.4) is 0 Å². The van der Waals surface area contributed by atoms with E-state index in [1.807, 2.05) is 32.0 Å². The van der Waals surface area contributed by atoms with Crippen molar-refractivity contribution in [3.8, 4) is 0 Å². The van der Waals surface area contributed by atoms with Gasteiger partial charge in [-0.3, -0.25) is 4.79 Å². The Labute approximate surface area is 115 Å². The molecule has 0 atom stereocenters. The van der Waals surface area contributed by atoms with E-state index in [9.17, 15) is 4.79 Å². The highest BCUT2D eigenvalue weighted by Crippen LogP contribution is 2.23. The molecule has 0 saturated carbocycles. The lowest BCUT2D eigenvalue weighted by atomic mass is 9.99. The third kappa shape index (κ3) is 2.46. The second-order valence-electron chi connectivity index (χ2n) is 4.37. The minimum Gasteiger partial charge on any atom is -0.399 e. The zero-order valence-corrected chi connectivity index (χ0v) is 11.9. The predicted octanol–water partition coefficient (Wildman–Crippen LogP) is 3.88. The quantitative estimate of drug-likeness (QED) is 0.676. The average Bonchev–Trinajstić information content (AvgIpc) is 2.35. The zero-order chi connectivity index (χ0) is 13.3. The van der Waals surface area contributed by atoms with Gasteiger partial charge in [0.05, 0.1) is 0 Å². The molecule has 0 amide bonds. The largest absolute Gasteiger partial charge is 0.399 e. The lowest BCUT2D eigenvalue weighted by molar-refractivity contribution is 0.103. The second-order valence-corrected chi connectivity index (χ2v) is 5.22. The maximum absolute atomic E-state index is 12.4. The summed E-state index contributed by atoms with van der Waals surface area (Å²) < 4.78 is 0.764. The first-order valence-electron chi connectivity index (χ1n) is 5.66. The number of hydrogen-bond donors (Lipinski definition) is 1. The van der Waals surface area contributed by atoms with Gasteiger partial charge in [-0.15, -0.1) is 0 Å². The van der Waals surface area contributed by atoms with Gasteiger partial charge in [0.1, 0.15) is 0 Å². The van der Waals surface area contributed by atoms with Crippen LogP contribution in [0.1, 0.15) is 27.0 Å². The Kier molecular flexibility index (Phi) is 3.53. The summed E-state index contributed by atoms with van der Waals surface area (Å²) in [6.07, 6.45) is 0. The Morgan fingerprint density at radius 1 is 1.06 bits per heavy atom. The minimum atomic E-state index is -0.0164. The standard InChI is InChI=1S/C15H14BrNO/c1-9-3-4-11(7-10(9)2)15(18)13-8-12(17)5-6-14(13)16/h3-8H,17H2,1-2H3. The van der Waals surface area contributed by atoms with Crippen LogP contribution >= 0.6 is 15.9 Å². The molecule has 0 saturated heterocycles. The summed E-state index contributed by atoms with van der Waals surface area (Å²) in [5.41, 5.74) is 9.88. The molecule has 0 spiro atoms. The molecular formula is C15H14BrNO. The van der Waals surface area contributed by atoms with Crippen LogP contribution in [0.25, 0.3) is 0 Å². The Morgan fingerprint density at radius 2 is 1.78 bits per heavy atom. The van der Waals surface area contributed by atoms with E-state index >= 15 is 0 Å². The molecule has 0 aliphatic heterocycles. The van der Waals surface area contributed by atoms with Gasteiger partial charge in [-0.2, -0.15) is 0 Å². The van der Waals surface area contributed by atoms with Gasteiger partial charge in [-0.05, 0) is 49.2 Å². The number of carbonyl (C=O) groups excluding carboxylic acids is 1. The van der Waals surface area contributed by atoms with Gasteiger partial charge in [-0.25, -0.2) is 0 Å². The molecule has 18 heavy (non-hydrogen) atoms. The van der Waals surface area contributed by atoms with E-state index in [4.69, 9.17) is 5.73 Å². The topological polar surface area (TPSA) is 43.1 Å². The van der Waals surface area contributed by atoms with Crippen LogP contribution in [0, 0.1) is 13.8 Å². The average molecular weight is 304 g/mol. The van der Waals surface area contributed by atoms with Crippen molar-refractivity contribution in [1.82, 2.24) is 0 Å². The van der Waals surface area contributed by atoms with Crippen LogP contribution in [0.2, 0.25) is 0 Å². The van der Waals surface area contributed by atoms with Gasteiger partial charge < -0.3 is 5.73 Å². The van der Waals surface area contributed by atoms with Gasteiger partial charge in [0, 0.05) is 21.3 Å². The van der Waals surface area contributed by atoms with Crippen molar-refractivity contribution in [1.29, 1.82) is 0 Å². The fourth-order valence-electron chi connectivity index (χ4n) is 1.76. The molecule has 0 radical (unpaired) electrons. The maximum atomic E-state index is 12.4. The van der Waals surface area contributed by atoms with Gasteiger partial charge in [0.15, 0.2) is 5.78 Å². The normalized spacial score (nSPS) is 10.4. The van der Waals surface area contributed by atoms with Crippen molar-refractivity contribution < 1.29 is 4.79 Å². The van der Waals surface area contributed by atoms with Crippen LogP contribution < -0.4 is 5.73 Å². The molecule has 3 heteroatoms. The number of nitrogen functional groups attached to an aromatic ring is 1. The van der Waals surface area contributed by atoms with Crippen molar-refractivity contribution in [2.75, 3.05) is 5.73 Å². The molecule has 0 heterocycles. The van der Waals surface area contributed by atoms with E-state index in [1.165, 1.54) is 5.56 Å². The van der Waals surface area contributed by atoms with Crippen LogP contribution in [0.4, 0.5) is 5.69 Å². The molecule has 0 bridgehead atoms. The molecule has 0 unspecified atom stereocenters. The molecule has 0 aliphatic rings. The van der Waals surface area contributed by atoms with E-state index in [2.05, 4.69) is 15.9 Å². The highest BCUT2D eigenvalue weighted by molar-refractivity contribution is 9.10. The molecular weight excluding hydrogens is 290 g/mol. The van der Waals surface area contributed by atoms with Crippen LogP contribution in [-0.4, -0.2) is 5.78 Å². The van der Waals surface area contributed by atoms with Crippen molar-refractivity contribution in [2.45, 2.75) is 13.8 Å². The summed E-state index contributed by atoms with van der Waals surface area (Å²) in [6, 6.07) is 11.0. The van der Waals surface area contributed by atoms with E-state index < -0.39 is 0 Å². The van der Waals surface area contributed by atoms with E-state index in [1.54, 1.807) is 18.2 Å². The number of rotatable bonds is 2. The third-order valence-corrected chi connectivity index (χ3v) is 3.70. The molecule has 0 aromatic heterocycles. The fourth-order valence-corrected chi connectivity index (χ4v) is 2.18. The summed E-state index contributed by atoms with van der Waals surface area (Å²) >= 11 is 3.38. The van der Waals surface area contributed by atoms with Crippen molar-refractivity contribution in [3.05, 3.63) is 63.1 Å². The summed E-state index contributed by atoms with van der Waals surface area (Å²) in [7, 11) is 0. The monoisotopic (exact) mass is 303 g/mol. The molecule has 0 aliphatic carbocycles. The fraction of sp³-hybridized carbons (Fsp3) is 0.133. The summed E-state index contributed by atoms with van der Waals surface area (Å²) in [5.74, 6) is -0.0164. The van der Waals surface area contributed by atoms with E-state index in [0.29, 0.717) is 16.8 Å². The number of halogens is 1. The Bertz CT molecular complexity index is 620. The number of nitrogens with two attached hydrogens (primary N) is 1. The van der Waals surface area contributed by atoms with E-state index in [0.717, 1.165) is 10.0 Å². The number of aryl methyl sites for hydroxylation is 2. The zero-order valence-electron chi connectivity index (χ0n) is 10.3. The van der Waals surface area contributed by atoms with Crippen LogP contribution in [0.5, 0.6) is 0 Å². The van der Waals surface area contributed by atoms with Gasteiger partial charge in [0.2, 0.25) is 0 Å². The predicted molar refractivity (Wildman–Crippen MR) is 77.9 cm³/mol. The smallest absolute Gasteiger partial charge is 0.194 e. The SMILES string of the molecule is Cc1ccc(C(=O)c2cc(N)ccc2Br)cc1C. The molecule has 2 N–H and O–H groups in total. The highest BCUT2D eigenvalue weighted by Gasteiger charge is 2.13. The Hall–Kier alpha value is -1.61. The van der Waals surface area contributed by atoms with E-state index in [-0.39, 0.29) is 5.78 Å². The van der Waals surface area contributed by atoms with Crippen molar-refractivity contribution in [3.63, 3.8) is 0 Å². The molecule has 0 fully saturated rings. The van der Waals surface area contributed by atoms with Gasteiger partial charge >= 0.3 is 0 Å². The minimum absolute atomic E-state index is 0.0164. The van der Waals surface area contributed by atoms with Crippen LogP contribution in [-0.2, 0) is 0 Å². The van der Waals surface area contributed by atoms with Gasteiger partial charge in [-0.1, -0.05) is 28.1 Å². The summed E-state index contributed by atoms with van der Waals surface area (Å²) in [4.78, 5) is 12.4. The van der Waals surface area contributed by atoms with Crippen molar-refractivity contribution >= 4 is 27.4 Å². The maximum Gasteiger partial charge on any atom is 0.194 e. The summed E-state index contributed by atoms with van der Waals surface area (Å²) in [5, 5.41) is 0. The lowest BCUT2D eigenvalue weighted by Crippen LogP contribution is -2.04. The molecule has 92 valence electrons. The third-order valence-electron chi connectivity index (χ3n) is 3.00.